The van der Waals surface area contributed by atoms with Crippen molar-refractivity contribution in [2.75, 3.05) is 20.1 Å². The Balaban J connectivity index is 1.70. The van der Waals surface area contributed by atoms with Crippen molar-refractivity contribution in [1.82, 2.24) is 10.2 Å². The van der Waals surface area contributed by atoms with E-state index in [1.54, 1.807) is 0 Å². The van der Waals surface area contributed by atoms with Crippen LogP contribution >= 0.6 is 0 Å². The van der Waals surface area contributed by atoms with Gasteiger partial charge in [0.2, 0.25) is 0 Å². The van der Waals surface area contributed by atoms with E-state index in [9.17, 15) is 0 Å². The second-order valence-corrected chi connectivity index (χ2v) is 4.86. The average molecular weight is 182 g/mol. The molecule has 1 N–H and O–H groups in total. The molecule has 0 spiro atoms. The summed E-state index contributed by atoms with van der Waals surface area (Å²) in [6, 6.07) is 1.60. The third kappa shape index (κ3) is 2.05. The van der Waals surface area contributed by atoms with Crippen LogP contribution in [-0.4, -0.2) is 37.1 Å². The maximum Gasteiger partial charge on any atom is 0.0345 e. The van der Waals surface area contributed by atoms with Crippen molar-refractivity contribution in [3.05, 3.63) is 0 Å². The van der Waals surface area contributed by atoms with Crippen LogP contribution in [0.15, 0.2) is 0 Å². The highest BCUT2D eigenvalue weighted by Crippen LogP contribution is 2.31. The number of likely N-dealkylation sites (N-methyl/N-ethyl adjacent to an activating group) is 1. The largest absolute Gasteiger partial charge is 0.314 e. The number of nitrogens with zero attached hydrogens (tertiary/aromatic N) is 1. The minimum atomic E-state index is 0.789. The average Bonchev–Trinajstić information content (AvgIpc) is 1.92. The number of rotatable bonds is 4. The number of hydrogen-bond donors (Lipinski definition) is 1. The van der Waals surface area contributed by atoms with E-state index in [4.69, 9.17) is 0 Å². The Kier molecular flexibility index (Phi) is 2.89. The minimum absolute atomic E-state index is 0.789. The number of hydrogen-bond acceptors (Lipinski definition) is 2. The smallest absolute Gasteiger partial charge is 0.0345 e. The quantitative estimate of drug-likeness (QED) is 0.708. The molecule has 1 saturated carbocycles. The van der Waals surface area contributed by atoms with Gasteiger partial charge in [-0.05, 0) is 26.3 Å². The Morgan fingerprint density at radius 1 is 1.38 bits per heavy atom. The van der Waals surface area contributed by atoms with E-state index in [-0.39, 0.29) is 0 Å². The van der Waals surface area contributed by atoms with Crippen molar-refractivity contribution in [2.45, 2.75) is 44.7 Å². The van der Waals surface area contributed by atoms with Crippen molar-refractivity contribution in [2.24, 2.45) is 5.92 Å². The van der Waals surface area contributed by atoms with Crippen LogP contribution in [0.3, 0.4) is 0 Å². The fourth-order valence-corrected chi connectivity index (χ4v) is 2.30. The maximum atomic E-state index is 3.34. The van der Waals surface area contributed by atoms with E-state index < -0.39 is 0 Å². The van der Waals surface area contributed by atoms with Crippen molar-refractivity contribution in [3.8, 4) is 0 Å². The van der Waals surface area contributed by atoms with Crippen LogP contribution in [0.25, 0.3) is 0 Å². The molecule has 1 aliphatic heterocycles. The third-order valence-electron chi connectivity index (χ3n) is 3.93. The van der Waals surface area contributed by atoms with Gasteiger partial charge >= 0.3 is 0 Å². The predicted octanol–water partition coefficient (Wildman–Crippen LogP) is 1.47. The van der Waals surface area contributed by atoms with Gasteiger partial charge < -0.3 is 5.32 Å². The summed E-state index contributed by atoms with van der Waals surface area (Å²) in [5.74, 6) is 1.05. The van der Waals surface area contributed by atoms with E-state index >= 15 is 0 Å². The van der Waals surface area contributed by atoms with Gasteiger partial charge in [-0.2, -0.15) is 0 Å². The summed E-state index contributed by atoms with van der Waals surface area (Å²) in [6.07, 6.45) is 5.88. The van der Waals surface area contributed by atoms with Gasteiger partial charge in [0.15, 0.2) is 0 Å². The zero-order chi connectivity index (χ0) is 9.26. The summed E-state index contributed by atoms with van der Waals surface area (Å²) in [7, 11) is 2.29. The van der Waals surface area contributed by atoms with Crippen LogP contribution in [0.1, 0.15) is 32.6 Å². The van der Waals surface area contributed by atoms with Crippen LogP contribution in [0.4, 0.5) is 0 Å². The summed E-state index contributed by atoms with van der Waals surface area (Å²) >= 11 is 0. The lowest BCUT2D eigenvalue weighted by Gasteiger charge is -2.41. The summed E-state index contributed by atoms with van der Waals surface area (Å²) in [4.78, 5) is 2.56. The molecule has 0 amide bonds. The molecule has 13 heavy (non-hydrogen) atoms. The van der Waals surface area contributed by atoms with Gasteiger partial charge in [0, 0.05) is 25.2 Å². The molecular weight excluding hydrogens is 160 g/mol. The highest BCUT2D eigenvalue weighted by Gasteiger charge is 2.27. The van der Waals surface area contributed by atoms with E-state index in [1.165, 1.54) is 38.8 Å². The van der Waals surface area contributed by atoms with E-state index in [0.29, 0.717) is 0 Å². The first kappa shape index (κ1) is 9.47. The van der Waals surface area contributed by atoms with Crippen LogP contribution in [0.2, 0.25) is 0 Å². The van der Waals surface area contributed by atoms with Crippen LogP contribution in [0, 0.1) is 5.92 Å². The lowest BCUT2D eigenvalue weighted by Crippen LogP contribution is -2.58. The Labute approximate surface area is 81.7 Å². The van der Waals surface area contributed by atoms with E-state index in [0.717, 1.165) is 18.0 Å². The molecule has 2 rings (SSSR count). The van der Waals surface area contributed by atoms with E-state index in [2.05, 4.69) is 24.2 Å². The second-order valence-electron chi connectivity index (χ2n) is 4.86. The molecule has 0 aromatic carbocycles. The fraction of sp³-hybridized carbons (Fsp3) is 1.00. The Morgan fingerprint density at radius 3 is 2.46 bits per heavy atom. The second kappa shape index (κ2) is 3.97. The molecule has 1 saturated heterocycles. The molecule has 1 unspecified atom stereocenters. The summed E-state index contributed by atoms with van der Waals surface area (Å²) in [6.45, 7) is 4.79. The highest BCUT2D eigenvalue weighted by atomic mass is 15.2. The first-order valence-corrected chi connectivity index (χ1v) is 5.70. The first-order valence-electron chi connectivity index (χ1n) is 5.70. The maximum absolute atomic E-state index is 3.34. The van der Waals surface area contributed by atoms with Crippen LogP contribution in [0.5, 0.6) is 0 Å². The van der Waals surface area contributed by atoms with Gasteiger partial charge in [-0.15, -0.1) is 0 Å². The van der Waals surface area contributed by atoms with Gasteiger partial charge in [-0.1, -0.05) is 19.3 Å². The molecular formula is C11H22N2. The summed E-state index contributed by atoms with van der Waals surface area (Å²) < 4.78 is 0. The van der Waals surface area contributed by atoms with Gasteiger partial charge in [0.25, 0.3) is 0 Å². The number of nitrogens with one attached hydrogen (secondary N) is 1. The monoisotopic (exact) mass is 182 g/mol. The van der Waals surface area contributed by atoms with Gasteiger partial charge in [-0.25, -0.2) is 0 Å². The molecule has 2 nitrogen and oxygen atoms in total. The van der Waals surface area contributed by atoms with Crippen molar-refractivity contribution < 1.29 is 0 Å². The van der Waals surface area contributed by atoms with Crippen LogP contribution in [-0.2, 0) is 0 Å². The zero-order valence-electron chi connectivity index (χ0n) is 8.92. The molecule has 2 fully saturated rings. The summed E-state index contributed by atoms with van der Waals surface area (Å²) in [5, 5.41) is 3.34. The minimum Gasteiger partial charge on any atom is -0.314 e. The standard InChI is InChI=1S/C11H22N2/c1-9(6-10-4-3-5-10)13(2)11-7-12-8-11/h9-12H,3-8H2,1-2H3. The van der Waals surface area contributed by atoms with E-state index in [1.807, 2.05) is 0 Å². The molecule has 0 aromatic heterocycles. The lowest BCUT2D eigenvalue weighted by molar-refractivity contribution is 0.107. The molecule has 0 aromatic rings. The molecule has 1 aliphatic carbocycles. The summed E-state index contributed by atoms with van der Waals surface area (Å²) in [5.41, 5.74) is 0. The topological polar surface area (TPSA) is 15.3 Å². The molecule has 0 bridgehead atoms. The highest BCUT2D eigenvalue weighted by molar-refractivity contribution is 4.86. The molecule has 76 valence electrons. The molecule has 1 heterocycles. The van der Waals surface area contributed by atoms with Crippen molar-refractivity contribution >= 4 is 0 Å². The van der Waals surface area contributed by atoms with Gasteiger partial charge in [0.05, 0.1) is 0 Å². The van der Waals surface area contributed by atoms with Crippen molar-refractivity contribution in [3.63, 3.8) is 0 Å². The molecule has 1 atom stereocenters. The Bertz CT molecular complexity index is 161. The first-order chi connectivity index (χ1) is 6.27. The normalized spacial score (nSPS) is 27.0. The fourth-order valence-electron chi connectivity index (χ4n) is 2.30. The predicted molar refractivity (Wildman–Crippen MR) is 55.8 cm³/mol. The van der Waals surface area contributed by atoms with Gasteiger partial charge in [0.1, 0.15) is 0 Å². The van der Waals surface area contributed by atoms with Gasteiger partial charge in [-0.3, -0.25) is 4.90 Å². The Hall–Kier alpha value is -0.0800. The van der Waals surface area contributed by atoms with Crippen LogP contribution < -0.4 is 5.32 Å². The lowest BCUT2D eigenvalue weighted by atomic mass is 9.80. The SMILES string of the molecule is CC(CC1CCC1)N(C)C1CNC1. The third-order valence-corrected chi connectivity index (χ3v) is 3.93. The zero-order valence-corrected chi connectivity index (χ0v) is 8.92. The molecule has 0 radical (unpaired) electrons. The van der Waals surface area contributed by atoms with Crippen molar-refractivity contribution in [1.29, 1.82) is 0 Å². The Morgan fingerprint density at radius 2 is 2.08 bits per heavy atom. The molecule has 2 aliphatic rings. The molecule has 2 heteroatoms.